The summed E-state index contributed by atoms with van der Waals surface area (Å²) < 4.78 is 0. The zero-order valence-corrected chi connectivity index (χ0v) is 12.9. The maximum Gasteiger partial charge on any atom is 0.329 e. The third-order valence-electron chi connectivity index (χ3n) is 4.36. The van der Waals surface area contributed by atoms with Gasteiger partial charge in [-0.25, -0.2) is 9.59 Å². The molecule has 0 spiro atoms. The van der Waals surface area contributed by atoms with Crippen LogP contribution in [0.15, 0.2) is 0 Å². The van der Waals surface area contributed by atoms with Crippen LogP contribution >= 0.6 is 0 Å². The van der Waals surface area contributed by atoms with Crippen molar-refractivity contribution in [1.82, 2.24) is 10.6 Å². The van der Waals surface area contributed by atoms with Gasteiger partial charge in [0.2, 0.25) is 0 Å². The Labute approximate surface area is 121 Å². The summed E-state index contributed by atoms with van der Waals surface area (Å²) in [6.45, 7) is 5.62. The molecule has 0 aliphatic heterocycles. The molecule has 2 amide bonds. The highest BCUT2D eigenvalue weighted by molar-refractivity contribution is 5.85. The minimum atomic E-state index is -1.19. The van der Waals surface area contributed by atoms with Gasteiger partial charge in [0.1, 0.15) is 5.54 Å². The molecule has 20 heavy (non-hydrogen) atoms. The molecule has 0 bridgehead atoms. The fraction of sp³-hybridized carbons (Fsp3) is 0.867. The number of carbonyl (C=O) groups is 2. The second-order valence-corrected chi connectivity index (χ2v) is 6.04. The molecule has 3 N–H and O–H groups in total. The summed E-state index contributed by atoms with van der Waals surface area (Å²) in [7, 11) is 0. The van der Waals surface area contributed by atoms with Crippen LogP contribution in [0.3, 0.4) is 0 Å². The van der Waals surface area contributed by atoms with Gasteiger partial charge in [-0.15, -0.1) is 0 Å². The summed E-state index contributed by atoms with van der Waals surface area (Å²) in [5.41, 5.74) is -1.19. The fourth-order valence-electron chi connectivity index (χ4n) is 3.06. The Kier molecular flexibility index (Phi) is 6.30. The first-order valence-corrected chi connectivity index (χ1v) is 7.75. The van der Waals surface area contributed by atoms with Gasteiger partial charge in [0, 0.05) is 6.04 Å². The van der Waals surface area contributed by atoms with Gasteiger partial charge >= 0.3 is 12.0 Å². The number of aliphatic carboxylic acids is 1. The van der Waals surface area contributed by atoms with E-state index in [1.807, 2.05) is 6.92 Å². The lowest BCUT2D eigenvalue weighted by Gasteiger charge is -2.33. The molecule has 0 saturated heterocycles. The first-order valence-electron chi connectivity index (χ1n) is 7.75. The van der Waals surface area contributed by atoms with Gasteiger partial charge in [0.15, 0.2) is 0 Å². The Hall–Kier alpha value is -1.26. The molecule has 3 atom stereocenters. The molecule has 0 heterocycles. The normalized spacial score (nSPS) is 25.6. The van der Waals surface area contributed by atoms with Gasteiger partial charge in [0.25, 0.3) is 0 Å². The summed E-state index contributed by atoms with van der Waals surface area (Å²) in [6, 6.07) is -0.179. The number of nitrogens with one attached hydrogen (secondary N) is 2. The minimum absolute atomic E-state index is 0.174. The van der Waals surface area contributed by atoms with E-state index < -0.39 is 11.5 Å². The molecular formula is C15H28N2O3. The molecule has 116 valence electrons. The van der Waals surface area contributed by atoms with Crippen LogP contribution in [0, 0.1) is 5.92 Å². The summed E-state index contributed by atoms with van der Waals surface area (Å²) in [4.78, 5) is 23.4. The lowest BCUT2D eigenvalue weighted by molar-refractivity contribution is -0.144. The monoisotopic (exact) mass is 284 g/mol. The number of hydrogen-bond donors (Lipinski definition) is 3. The molecule has 3 unspecified atom stereocenters. The topological polar surface area (TPSA) is 78.4 Å². The SMILES string of the molecule is CCCC(C)(NC(=O)NC1CCCCC1CC)C(=O)O. The van der Waals surface area contributed by atoms with E-state index in [1.165, 1.54) is 6.42 Å². The van der Waals surface area contributed by atoms with E-state index in [2.05, 4.69) is 17.6 Å². The number of rotatable bonds is 6. The van der Waals surface area contributed by atoms with Crippen LogP contribution in [-0.2, 0) is 4.79 Å². The van der Waals surface area contributed by atoms with Crippen molar-refractivity contribution in [2.45, 2.75) is 77.3 Å². The van der Waals surface area contributed by atoms with Crippen molar-refractivity contribution in [2.24, 2.45) is 5.92 Å². The molecule has 5 nitrogen and oxygen atoms in total. The minimum Gasteiger partial charge on any atom is -0.480 e. The summed E-state index contributed by atoms with van der Waals surface area (Å²) >= 11 is 0. The number of carboxylic acid groups (broad SMARTS) is 1. The molecule has 5 heteroatoms. The largest absolute Gasteiger partial charge is 0.480 e. The van der Waals surface area contributed by atoms with Crippen molar-refractivity contribution in [1.29, 1.82) is 0 Å². The third kappa shape index (κ3) is 4.39. The Morgan fingerprint density at radius 1 is 1.25 bits per heavy atom. The van der Waals surface area contributed by atoms with Crippen LogP contribution in [0.1, 0.15) is 65.7 Å². The highest BCUT2D eigenvalue weighted by Crippen LogP contribution is 2.26. The zero-order chi connectivity index (χ0) is 15.2. The van der Waals surface area contributed by atoms with Crippen LogP contribution in [0.4, 0.5) is 4.79 Å². The highest BCUT2D eigenvalue weighted by atomic mass is 16.4. The molecular weight excluding hydrogens is 256 g/mol. The summed E-state index contributed by atoms with van der Waals surface area (Å²) in [6.07, 6.45) is 6.68. The summed E-state index contributed by atoms with van der Waals surface area (Å²) in [5.74, 6) is -0.470. The highest BCUT2D eigenvalue weighted by Gasteiger charge is 2.35. The second kappa shape index (κ2) is 7.50. The van der Waals surface area contributed by atoms with Gasteiger partial charge in [-0.2, -0.15) is 0 Å². The molecule has 1 rings (SSSR count). The van der Waals surface area contributed by atoms with Crippen molar-refractivity contribution >= 4 is 12.0 Å². The Morgan fingerprint density at radius 3 is 2.45 bits per heavy atom. The van der Waals surface area contributed by atoms with E-state index in [-0.39, 0.29) is 12.1 Å². The standard InChI is InChI=1S/C15H28N2O3/c1-4-10-15(3,13(18)19)17-14(20)16-12-9-7-6-8-11(12)5-2/h11-12H,4-10H2,1-3H3,(H,18,19)(H2,16,17,20). The predicted octanol–water partition coefficient (Wildman–Crippen LogP) is 2.90. The Morgan fingerprint density at radius 2 is 1.90 bits per heavy atom. The summed E-state index contributed by atoms with van der Waals surface area (Å²) in [5, 5.41) is 14.9. The van der Waals surface area contributed by atoms with Crippen molar-refractivity contribution in [3.05, 3.63) is 0 Å². The Bertz CT molecular complexity index is 346. The van der Waals surface area contributed by atoms with E-state index in [0.717, 1.165) is 25.7 Å². The van der Waals surface area contributed by atoms with Gasteiger partial charge in [0.05, 0.1) is 0 Å². The average Bonchev–Trinajstić information content (AvgIpc) is 2.39. The first kappa shape index (κ1) is 16.8. The van der Waals surface area contributed by atoms with Crippen molar-refractivity contribution in [2.75, 3.05) is 0 Å². The van der Waals surface area contributed by atoms with E-state index in [0.29, 0.717) is 18.8 Å². The van der Waals surface area contributed by atoms with E-state index in [4.69, 9.17) is 0 Å². The molecule has 0 aromatic rings. The lowest BCUT2D eigenvalue weighted by atomic mass is 9.83. The van der Waals surface area contributed by atoms with Crippen LogP contribution < -0.4 is 10.6 Å². The number of carbonyl (C=O) groups excluding carboxylic acids is 1. The van der Waals surface area contributed by atoms with E-state index >= 15 is 0 Å². The van der Waals surface area contributed by atoms with Gasteiger partial charge in [-0.3, -0.25) is 0 Å². The molecule has 1 aliphatic carbocycles. The molecule has 0 aromatic heterocycles. The second-order valence-electron chi connectivity index (χ2n) is 6.04. The molecule has 1 saturated carbocycles. The Balaban J connectivity index is 2.59. The van der Waals surface area contributed by atoms with E-state index in [1.54, 1.807) is 6.92 Å². The van der Waals surface area contributed by atoms with Gasteiger partial charge in [-0.1, -0.05) is 39.5 Å². The predicted molar refractivity (Wildman–Crippen MR) is 78.7 cm³/mol. The number of urea groups is 1. The van der Waals surface area contributed by atoms with Crippen molar-refractivity contribution in [3.8, 4) is 0 Å². The maximum atomic E-state index is 12.1. The fourth-order valence-corrected chi connectivity index (χ4v) is 3.06. The van der Waals surface area contributed by atoms with Crippen molar-refractivity contribution < 1.29 is 14.7 Å². The van der Waals surface area contributed by atoms with Crippen LogP contribution in [0.25, 0.3) is 0 Å². The smallest absolute Gasteiger partial charge is 0.329 e. The van der Waals surface area contributed by atoms with Crippen LogP contribution in [0.2, 0.25) is 0 Å². The number of amides is 2. The quantitative estimate of drug-likeness (QED) is 0.701. The van der Waals surface area contributed by atoms with Crippen LogP contribution in [0.5, 0.6) is 0 Å². The first-order chi connectivity index (χ1) is 9.42. The molecule has 1 aliphatic rings. The van der Waals surface area contributed by atoms with Crippen molar-refractivity contribution in [3.63, 3.8) is 0 Å². The number of carboxylic acids is 1. The molecule has 0 aromatic carbocycles. The number of hydrogen-bond acceptors (Lipinski definition) is 2. The van der Waals surface area contributed by atoms with Crippen LogP contribution in [-0.4, -0.2) is 28.7 Å². The lowest BCUT2D eigenvalue weighted by Crippen LogP contribution is -2.57. The maximum absolute atomic E-state index is 12.1. The molecule has 1 fully saturated rings. The molecule has 0 radical (unpaired) electrons. The average molecular weight is 284 g/mol. The van der Waals surface area contributed by atoms with E-state index in [9.17, 15) is 14.7 Å². The van der Waals surface area contributed by atoms with Gasteiger partial charge < -0.3 is 15.7 Å². The third-order valence-corrected chi connectivity index (χ3v) is 4.36. The van der Waals surface area contributed by atoms with Gasteiger partial charge in [-0.05, 0) is 32.1 Å². The zero-order valence-electron chi connectivity index (χ0n) is 12.9.